The Bertz CT molecular complexity index is 1040. The molecule has 176 valence electrons. The van der Waals surface area contributed by atoms with Crippen molar-refractivity contribution in [3.05, 3.63) is 102 Å². The Morgan fingerprint density at radius 2 is 1.44 bits per heavy atom. The molecule has 0 aromatic heterocycles. The summed E-state index contributed by atoms with van der Waals surface area (Å²) >= 11 is 0. The number of ether oxygens (including phenoxy) is 3. The van der Waals surface area contributed by atoms with Gasteiger partial charge in [-0.1, -0.05) is 67.3 Å². The quantitative estimate of drug-likeness (QED) is 0.151. The molecular formula is C27H27NO6. The highest BCUT2D eigenvalue weighted by atomic mass is 16.6. The minimum atomic E-state index is -1.64. The second kappa shape index (κ2) is 12.8. The summed E-state index contributed by atoms with van der Waals surface area (Å²) in [6.07, 6.45) is 3.32. The molecular weight excluding hydrogens is 434 g/mol. The van der Waals surface area contributed by atoms with Gasteiger partial charge in [0.05, 0.1) is 19.2 Å². The number of benzene rings is 2. The van der Waals surface area contributed by atoms with Crippen molar-refractivity contribution in [1.29, 1.82) is 0 Å². The van der Waals surface area contributed by atoms with Crippen LogP contribution < -0.4 is 0 Å². The first-order valence-electron chi connectivity index (χ1n) is 10.6. The van der Waals surface area contributed by atoms with Gasteiger partial charge in [-0.2, -0.15) is 0 Å². The molecule has 0 aliphatic heterocycles. The van der Waals surface area contributed by atoms with E-state index in [0.29, 0.717) is 23.2 Å². The molecule has 2 aromatic rings. The van der Waals surface area contributed by atoms with Crippen LogP contribution >= 0.6 is 0 Å². The molecule has 2 aromatic carbocycles. The van der Waals surface area contributed by atoms with E-state index >= 15 is 0 Å². The summed E-state index contributed by atoms with van der Waals surface area (Å²) in [5.41, 5.74) is 0.696. The van der Waals surface area contributed by atoms with E-state index in [2.05, 4.69) is 18.0 Å². The van der Waals surface area contributed by atoms with Crippen LogP contribution in [0.25, 0.3) is 4.85 Å². The SMILES string of the molecule is [C-]#[N+]c1ccc(CCC(Cc2ccc(C(=O)OC)cc2)(C(=O)OCC=C)C(=O)OCC=C)cc1. The Hall–Kier alpha value is -4.18. The number of esters is 3. The van der Waals surface area contributed by atoms with Gasteiger partial charge in [0, 0.05) is 0 Å². The van der Waals surface area contributed by atoms with Crippen molar-refractivity contribution in [2.45, 2.75) is 19.3 Å². The van der Waals surface area contributed by atoms with Gasteiger partial charge in [-0.3, -0.25) is 9.59 Å². The summed E-state index contributed by atoms with van der Waals surface area (Å²) in [6, 6.07) is 13.4. The predicted molar refractivity (Wildman–Crippen MR) is 127 cm³/mol. The number of carbonyl (C=O) groups is 3. The third-order valence-corrected chi connectivity index (χ3v) is 5.23. The number of nitrogens with zero attached hydrogens (tertiary/aromatic N) is 1. The third kappa shape index (κ3) is 6.66. The van der Waals surface area contributed by atoms with Gasteiger partial charge in [0.1, 0.15) is 13.2 Å². The fourth-order valence-corrected chi connectivity index (χ4v) is 3.39. The zero-order chi connectivity index (χ0) is 25.0. The standard InChI is InChI=1S/C27H27NO6/c1-5-17-33-25(30)27(26(31)34-18-6-2,16-15-20-9-13-23(28-3)14-10-20)19-21-7-11-22(12-8-21)24(29)32-4/h5-14H,1-2,15-19H2,4H3. The lowest BCUT2D eigenvalue weighted by atomic mass is 9.76. The molecule has 0 spiro atoms. The first-order valence-corrected chi connectivity index (χ1v) is 10.6. The summed E-state index contributed by atoms with van der Waals surface area (Å²) in [5.74, 6) is -1.94. The van der Waals surface area contributed by atoms with Gasteiger partial charge in [0.2, 0.25) is 0 Å². The molecule has 2 rings (SSSR count). The second-order valence-corrected chi connectivity index (χ2v) is 7.50. The molecule has 34 heavy (non-hydrogen) atoms. The molecule has 0 saturated carbocycles. The maximum absolute atomic E-state index is 13.3. The summed E-state index contributed by atoms with van der Waals surface area (Å²) in [5, 5.41) is 0. The van der Waals surface area contributed by atoms with E-state index in [-0.39, 0.29) is 26.1 Å². The van der Waals surface area contributed by atoms with Gasteiger partial charge in [-0.25, -0.2) is 9.64 Å². The number of methoxy groups -OCH3 is 1. The molecule has 0 aliphatic rings. The average molecular weight is 462 g/mol. The van der Waals surface area contributed by atoms with Gasteiger partial charge in [0.25, 0.3) is 0 Å². The minimum Gasteiger partial charge on any atom is -0.465 e. The highest BCUT2D eigenvalue weighted by Crippen LogP contribution is 2.33. The molecule has 0 fully saturated rings. The highest BCUT2D eigenvalue weighted by Gasteiger charge is 2.48. The van der Waals surface area contributed by atoms with Crippen LogP contribution in [0.15, 0.2) is 73.8 Å². The van der Waals surface area contributed by atoms with E-state index in [1.165, 1.54) is 19.3 Å². The van der Waals surface area contributed by atoms with Crippen LogP contribution in [0.4, 0.5) is 5.69 Å². The summed E-state index contributed by atoms with van der Waals surface area (Å²) in [6.45, 7) is 14.1. The van der Waals surface area contributed by atoms with Crippen LogP contribution in [0, 0.1) is 12.0 Å². The molecule has 0 radical (unpaired) electrons. The molecule has 7 heteroatoms. The summed E-state index contributed by atoms with van der Waals surface area (Å²) in [7, 11) is 1.29. The van der Waals surface area contributed by atoms with Crippen molar-refractivity contribution in [3.8, 4) is 0 Å². The zero-order valence-electron chi connectivity index (χ0n) is 19.1. The van der Waals surface area contributed by atoms with E-state index in [0.717, 1.165) is 5.56 Å². The molecule has 0 amide bonds. The van der Waals surface area contributed by atoms with Crippen molar-refractivity contribution < 1.29 is 28.6 Å². The van der Waals surface area contributed by atoms with Crippen LogP contribution in [-0.4, -0.2) is 38.2 Å². The largest absolute Gasteiger partial charge is 0.465 e. The van der Waals surface area contributed by atoms with Crippen molar-refractivity contribution >= 4 is 23.6 Å². The lowest BCUT2D eigenvalue weighted by Crippen LogP contribution is -2.44. The number of rotatable bonds is 12. The zero-order valence-corrected chi connectivity index (χ0v) is 19.1. The van der Waals surface area contributed by atoms with Crippen LogP contribution in [0.5, 0.6) is 0 Å². The molecule has 0 saturated heterocycles. The van der Waals surface area contributed by atoms with Gasteiger partial charge in [0.15, 0.2) is 11.1 Å². The van der Waals surface area contributed by atoms with E-state index in [1.54, 1.807) is 48.5 Å². The van der Waals surface area contributed by atoms with Gasteiger partial charge < -0.3 is 14.2 Å². The van der Waals surface area contributed by atoms with Crippen LogP contribution in [0.1, 0.15) is 27.9 Å². The summed E-state index contributed by atoms with van der Waals surface area (Å²) in [4.78, 5) is 41.7. The lowest BCUT2D eigenvalue weighted by molar-refractivity contribution is -0.171. The second-order valence-electron chi connectivity index (χ2n) is 7.50. The van der Waals surface area contributed by atoms with Gasteiger partial charge >= 0.3 is 17.9 Å². The lowest BCUT2D eigenvalue weighted by Gasteiger charge is -2.29. The molecule has 0 heterocycles. The highest BCUT2D eigenvalue weighted by molar-refractivity contribution is 6.00. The van der Waals surface area contributed by atoms with Crippen LogP contribution in [0.2, 0.25) is 0 Å². The van der Waals surface area contributed by atoms with Crippen molar-refractivity contribution in [1.82, 2.24) is 0 Å². The number of aryl methyl sites for hydroxylation is 1. The molecule has 0 N–H and O–H groups in total. The number of hydrogen-bond acceptors (Lipinski definition) is 6. The van der Waals surface area contributed by atoms with Gasteiger partial charge in [-0.15, -0.1) is 0 Å². The number of carbonyl (C=O) groups excluding carboxylic acids is 3. The van der Waals surface area contributed by atoms with E-state index in [1.807, 2.05) is 0 Å². The van der Waals surface area contributed by atoms with Crippen molar-refractivity contribution in [3.63, 3.8) is 0 Å². The van der Waals surface area contributed by atoms with E-state index < -0.39 is 23.3 Å². The average Bonchev–Trinajstić information content (AvgIpc) is 2.88. The van der Waals surface area contributed by atoms with E-state index in [4.69, 9.17) is 20.8 Å². The number of hydrogen-bond donors (Lipinski definition) is 0. The van der Waals surface area contributed by atoms with Crippen molar-refractivity contribution in [2.24, 2.45) is 5.41 Å². The Morgan fingerprint density at radius 3 is 1.91 bits per heavy atom. The molecule has 0 aliphatic carbocycles. The van der Waals surface area contributed by atoms with Gasteiger partial charge in [-0.05, 0) is 37.0 Å². The predicted octanol–water partition coefficient (Wildman–Crippen LogP) is 4.64. The minimum absolute atomic E-state index is 0.000538. The molecule has 0 atom stereocenters. The van der Waals surface area contributed by atoms with Crippen molar-refractivity contribution in [2.75, 3.05) is 20.3 Å². The fourth-order valence-electron chi connectivity index (χ4n) is 3.39. The normalized spacial score (nSPS) is 10.5. The van der Waals surface area contributed by atoms with Crippen LogP contribution in [0.3, 0.4) is 0 Å². The maximum Gasteiger partial charge on any atom is 0.337 e. The first kappa shape index (κ1) is 26.1. The topological polar surface area (TPSA) is 83.3 Å². The maximum atomic E-state index is 13.3. The Kier molecular flexibility index (Phi) is 9.78. The molecule has 0 unspecified atom stereocenters. The first-order chi connectivity index (χ1) is 16.4. The fraction of sp³-hybridized carbons (Fsp3) is 0.259. The third-order valence-electron chi connectivity index (χ3n) is 5.23. The Balaban J connectivity index is 2.44. The van der Waals surface area contributed by atoms with E-state index in [9.17, 15) is 14.4 Å². The Labute approximate surface area is 199 Å². The summed E-state index contributed by atoms with van der Waals surface area (Å²) < 4.78 is 15.4. The smallest absolute Gasteiger partial charge is 0.337 e. The molecule has 0 bridgehead atoms. The van der Waals surface area contributed by atoms with Crippen LogP contribution in [-0.2, 0) is 36.6 Å². The molecule has 7 nitrogen and oxygen atoms in total. The monoisotopic (exact) mass is 461 g/mol. The Morgan fingerprint density at radius 1 is 0.912 bits per heavy atom.